The van der Waals surface area contributed by atoms with Gasteiger partial charge in [-0.1, -0.05) is 16.8 Å². The lowest BCUT2D eigenvalue weighted by molar-refractivity contribution is -0.0888. The topological polar surface area (TPSA) is 47.8 Å². The molecule has 0 bridgehead atoms. The molecule has 0 radical (unpaired) electrons. The SMILES string of the molecule is O=C(c1cn(-c2ccc(Cl)cc2F)nn1)C(F)(F)F. The molecule has 0 N–H and O–H groups in total. The summed E-state index contributed by atoms with van der Waals surface area (Å²) in [6.07, 6.45) is -4.36. The first kappa shape index (κ1) is 13.5. The average molecular weight is 294 g/mol. The zero-order valence-electron chi connectivity index (χ0n) is 8.95. The largest absolute Gasteiger partial charge is 0.456 e. The van der Waals surface area contributed by atoms with Crippen LogP contribution in [0.3, 0.4) is 0 Å². The molecule has 1 aromatic carbocycles. The van der Waals surface area contributed by atoms with E-state index < -0.39 is 23.5 Å². The molecule has 1 aromatic heterocycles. The van der Waals surface area contributed by atoms with Crippen molar-refractivity contribution in [1.29, 1.82) is 0 Å². The highest BCUT2D eigenvalue weighted by atomic mass is 35.5. The summed E-state index contributed by atoms with van der Waals surface area (Å²) in [7, 11) is 0. The van der Waals surface area contributed by atoms with E-state index in [4.69, 9.17) is 11.6 Å². The number of Topliss-reactive ketones (excluding diaryl/α,β-unsaturated/α-hetero) is 1. The maximum absolute atomic E-state index is 13.5. The molecule has 0 amide bonds. The standard InChI is InChI=1S/C10H4ClF4N3O/c11-5-1-2-8(6(12)3-5)18-4-7(16-17-18)9(19)10(13,14)15/h1-4H. The van der Waals surface area contributed by atoms with Crippen LogP contribution in [0, 0.1) is 5.82 Å². The van der Waals surface area contributed by atoms with Crippen LogP contribution in [0.25, 0.3) is 5.69 Å². The molecule has 0 aliphatic rings. The van der Waals surface area contributed by atoms with Crippen molar-refractivity contribution in [2.75, 3.05) is 0 Å². The first-order chi connectivity index (χ1) is 8.79. The van der Waals surface area contributed by atoms with Crippen LogP contribution in [0.2, 0.25) is 5.02 Å². The Kier molecular flexibility index (Phi) is 3.27. The van der Waals surface area contributed by atoms with Gasteiger partial charge in [-0.25, -0.2) is 9.07 Å². The number of ketones is 1. The molecule has 2 aromatic rings. The van der Waals surface area contributed by atoms with Gasteiger partial charge in [-0.15, -0.1) is 5.10 Å². The molecular weight excluding hydrogens is 290 g/mol. The number of nitrogens with zero attached hydrogens (tertiary/aromatic N) is 3. The molecule has 100 valence electrons. The van der Waals surface area contributed by atoms with E-state index in [0.29, 0.717) is 6.20 Å². The van der Waals surface area contributed by atoms with E-state index >= 15 is 0 Å². The number of carbonyl (C=O) groups excluding carboxylic acids is 1. The second-order valence-corrected chi connectivity index (χ2v) is 3.91. The van der Waals surface area contributed by atoms with Gasteiger partial charge in [0.2, 0.25) is 0 Å². The van der Waals surface area contributed by atoms with Gasteiger partial charge in [-0.05, 0) is 18.2 Å². The van der Waals surface area contributed by atoms with Gasteiger partial charge in [0.25, 0.3) is 5.78 Å². The second-order valence-electron chi connectivity index (χ2n) is 3.47. The summed E-state index contributed by atoms with van der Waals surface area (Å²) in [5.41, 5.74) is -1.08. The minimum Gasteiger partial charge on any atom is -0.282 e. The summed E-state index contributed by atoms with van der Waals surface area (Å²) in [6.45, 7) is 0. The van der Waals surface area contributed by atoms with Gasteiger partial charge in [0.15, 0.2) is 5.69 Å². The molecule has 0 spiro atoms. The van der Waals surface area contributed by atoms with Crippen molar-refractivity contribution in [3.63, 3.8) is 0 Å². The Morgan fingerprint density at radius 3 is 2.58 bits per heavy atom. The lowest BCUT2D eigenvalue weighted by Gasteiger charge is -2.02. The number of hydrogen-bond acceptors (Lipinski definition) is 3. The van der Waals surface area contributed by atoms with Gasteiger partial charge in [0, 0.05) is 5.02 Å². The Bertz CT molecular complexity index is 638. The molecule has 0 saturated carbocycles. The molecule has 9 heteroatoms. The number of hydrogen-bond donors (Lipinski definition) is 0. The third-order valence-corrected chi connectivity index (χ3v) is 2.38. The molecule has 0 aliphatic carbocycles. The quantitative estimate of drug-likeness (QED) is 0.632. The molecule has 0 atom stereocenters. The first-order valence-electron chi connectivity index (χ1n) is 4.78. The van der Waals surface area contributed by atoms with E-state index in [1.54, 1.807) is 0 Å². The molecule has 4 nitrogen and oxygen atoms in total. The van der Waals surface area contributed by atoms with E-state index in [0.717, 1.165) is 10.7 Å². The fourth-order valence-corrected chi connectivity index (χ4v) is 1.46. The predicted molar refractivity (Wildman–Crippen MR) is 56.7 cm³/mol. The smallest absolute Gasteiger partial charge is 0.282 e. The molecule has 0 unspecified atom stereocenters. The van der Waals surface area contributed by atoms with Crippen molar-refractivity contribution in [3.8, 4) is 5.69 Å². The second kappa shape index (κ2) is 4.61. The van der Waals surface area contributed by atoms with Crippen molar-refractivity contribution < 1.29 is 22.4 Å². The van der Waals surface area contributed by atoms with Gasteiger partial charge >= 0.3 is 6.18 Å². The molecule has 1 heterocycles. The van der Waals surface area contributed by atoms with E-state index in [2.05, 4.69) is 10.3 Å². The van der Waals surface area contributed by atoms with E-state index in [1.165, 1.54) is 12.1 Å². The van der Waals surface area contributed by atoms with Gasteiger partial charge < -0.3 is 0 Å². The zero-order valence-corrected chi connectivity index (χ0v) is 9.71. The fourth-order valence-electron chi connectivity index (χ4n) is 1.30. The highest BCUT2D eigenvalue weighted by Crippen LogP contribution is 2.22. The van der Waals surface area contributed by atoms with Crippen LogP contribution in [0.1, 0.15) is 10.5 Å². The molecular formula is C10H4ClF4N3O. The van der Waals surface area contributed by atoms with Crippen LogP contribution in [0.4, 0.5) is 17.6 Å². The van der Waals surface area contributed by atoms with E-state index in [-0.39, 0.29) is 10.7 Å². The first-order valence-corrected chi connectivity index (χ1v) is 5.16. The summed E-state index contributed by atoms with van der Waals surface area (Å²) < 4.78 is 50.7. The van der Waals surface area contributed by atoms with Gasteiger partial charge in [-0.2, -0.15) is 13.2 Å². The number of halogens is 5. The number of benzene rings is 1. The molecule has 0 fully saturated rings. The zero-order chi connectivity index (χ0) is 14.2. The van der Waals surface area contributed by atoms with E-state index in [1.807, 2.05) is 0 Å². The van der Waals surface area contributed by atoms with Crippen LogP contribution >= 0.6 is 11.6 Å². The minimum absolute atomic E-state index is 0.118. The maximum atomic E-state index is 13.5. The van der Waals surface area contributed by atoms with Crippen molar-refractivity contribution >= 4 is 17.4 Å². The summed E-state index contributed by atoms with van der Waals surface area (Å²) in [5, 5.41) is 6.46. The van der Waals surface area contributed by atoms with Gasteiger partial charge in [0.1, 0.15) is 11.5 Å². The fraction of sp³-hybridized carbons (Fsp3) is 0.100. The molecule has 2 rings (SSSR count). The third kappa shape index (κ3) is 2.73. The Morgan fingerprint density at radius 1 is 1.32 bits per heavy atom. The monoisotopic (exact) mass is 293 g/mol. The summed E-state index contributed by atoms with van der Waals surface area (Å²) in [4.78, 5) is 10.9. The lowest BCUT2D eigenvalue weighted by Crippen LogP contribution is -2.23. The van der Waals surface area contributed by atoms with Crippen LogP contribution < -0.4 is 0 Å². The minimum atomic E-state index is -5.06. The number of aromatic nitrogens is 3. The highest BCUT2D eigenvalue weighted by Gasteiger charge is 2.41. The van der Waals surface area contributed by atoms with Crippen molar-refractivity contribution in [1.82, 2.24) is 15.0 Å². The predicted octanol–water partition coefficient (Wildman–Crippen LogP) is 2.80. The van der Waals surface area contributed by atoms with Crippen LogP contribution in [-0.2, 0) is 0 Å². The van der Waals surface area contributed by atoms with Crippen LogP contribution in [0.15, 0.2) is 24.4 Å². The third-order valence-electron chi connectivity index (χ3n) is 2.14. The molecule has 19 heavy (non-hydrogen) atoms. The van der Waals surface area contributed by atoms with Crippen molar-refractivity contribution in [3.05, 3.63) is 40.9 Å². The Hall–Kier alpha value is -1.96. The maximum Gasteiger partial charge on any atom is 0.456 e. The van der Waals surface area contributed by atoms with Crippen molar-refractivity contribution in [2.45, 2.75) is 6.18 Å². The van der Waals surface area contributed by atoms with Crippen molar-refractivity contribution in [2.24, 2.45) is 0 Å². The summed E-state index contributed by atoms with van der Waals surface area (Å²) in [6, 6.07) is 3.49. The Morgan fingerprint density at radius 2 is 2.00 bits per heavy atom. The average Bonchev–Trinajstić information content (AvgIpc) is 2.75. The summed E-state index contributed by atoms with van der Waals surface area (Å²) >= 11 is 5.53. The summed E-state index contributed by atoms with van der Waals surface area (Å²) in [5.74, 6) is -2.95. The van der Waals surface area contributed by atoms with E-state index in [9.17, 15) is 22.4 Å². The Labute approximate surface area is 108 Å². The number of rotatable bonds is 2. The lowest BCUT2D eigenvalue weighted by atomic mass is 10.3. The van der Waals surface area contributed by atoms with Gasteiger partial charge in [-0.3, -0.25) is 4.79 Å². The number of carbonyl (C=O) groups is 1. The van der Waals surface area contributed by atoms with Crippen LogP contribution in [-0.4, -0.2) is 27.0 Å². The molecule has 0 aliphatic heterocycles. The Balaban J connectivity index is 2.39. The highest BCUT2D eigenvalue weighted by molar-refractivity contribution is 6.30. The molecule has 0 saturated heterocycles. The number of alkyl halides is 3. The van der Waals surface area contributed by atoms with Gasteiger partial charge in [0.05, 0.1) is 6.20 Å². The normalized spacial score (nSPS) is 11.6. The van der Waals surface area contributed by atoms with Crippen LogP contribution in [0.5, 0.6) is 0 Å².